The van der Waals surface area contributed by atoms with Crippen molar-refractivity contribution in [3.05, 3.63) is 0 Å². The summed E-state index contributed by atoms with van der Waals surface area (Å²) in [6.45, 7) is 0. The van der Waals surface area contributed by atoms with Gasteiger partial charge >= 0.3 is 35.3 Å². The third-order valence-electron chi connectivity index (χ3n) is 0. The maximum absolute atomic E-state index is 7.33. The van der Waals surface area contributed by atoms with Gasteiger partial charge in [0, 0.05) is 38.2 Å². The molecular weight excluding hydrogens is 464 g/mol. The van der Waals surface area contributed by atoms with Crippen LogP contribution in [0.4, 0.5) is 0 Å². The fourth-order valence-electron chi connectivity index (χ4n) is 0. The molecule has 50 valence electrons. The van der Waals surface area contributed by atoms with Crippen molar-refractivity contribution >= 4 is 35.3 Å². The second-order valence-electron chi connectivity index (χ2n) is 0.600. The molecule has 0 amide bonds. The first-order chi connectivity index (χ1) is 2.00. The van der Waals surface area contributed by atoms with Gasteiger partial charge in [0.05, 0.1) is 0 Å². The van der Waals surface area contributed by atoms with E-state index in [1.807, 2.05) is 0 Å². The Labute approximate surface area is 91.2 Å². The van der Waals surface area contributed by atoms with Gasteiger partial charge < -0.3 is 19.2 Å². The van der Waals surface area contributed by atoms with Crippen LogP contribution in [0.15, 0.2) is 0 Å². The van der Waals surface area contributed by atoms with Crippen molar-refractivity contribution < 1.29 is 57.4 Å². The van der Waals surface area contributed by atoms with E-state index in [0.29, 0.717) is 0 Å². The largest absolute Gasteiger partial charge is 0 e. The number of hydrogen-bond acceptors (Lipinski definition) is 4. The molecule has 0 aromatic heterocycles. The van der Waals surface area contributed by atoms with Gasteiger partial charge in [0.15, 0.2) is 0 Å². The van der Waals surface area contributed by atoms with Gasteiger partial charge in [0.2, 0.25) is 0 Å². The first-order valence-electron chi connectivity index (χ1n) is 0.894. The Balaban J connectivity index is -0.0000000800. The number of hydrogen-bond donors (Lipinski definition) is 4. The minimum atomic E-state index is -4.61. The van der Waals surface area contributed by atoms with Crippen LogP contribution in [-0.2, 0) is 0 Å². The minimum absolute atomic E-state index is 0. The molecule has 0 aliphatic rings. The van der Waals surface area contributed by atoms with Crippen LogP contribution in [0.5, 0.6) is 0 Å². The summed E-state index contributed by atoms with van der Waals surface area (Å²) in [7, 11) is -4.61. The molecule has 0 radical (unpaired) electrons. The van der Waals surface area contributed by atoms with E-state index < -0.39 is 9.05 Å². The van der Waals surface area contributed by atoms with Crippen LogP contribution in [-0.4, -0.2) is 54.4 Å². The molecular formula is H7BiDyO4Si. The summed E-state index contributed by atoms with van der Waals surface area (Å²) in [5.41, 5.74) is 0. The summed E-state index contributed by atoms with van der Waals surface area (Å²) in [6.07, 6.45) is 0. The molecule has 0 saturated heterocycles. The summed E-state index contributed by atoms with van der Waals surface area (Å²) >= 11 is 0. The molecule has 4 nitrogen and oxygen atoms in total. The van der Waals surface area contributed by atoms with Crippen molar-refractivity contribution in [3.8, 4) is 0 Å². The van der Waals surface area contributed by atoms with Crippen LogP contribution in [0, 0.1) is 38.2 Å². The van der Waals surface area contributed by atoms with Crippen molar-refractivity contribution in [2.45, 2.75) is 0 Å². The molecule has 0 rings (SSSR count). The Bertz CT molecular complexity index is 27.2. The first-order valence-corrected chi connectivity index (χ1v) is 2.68. The standard InChI is InChI=1S/Bi.Dy.H4O4Si.3H/c;;1-5(2,3)4;;;/h;;1-4H;;;. The Morgan fingerprint density at radius 3 is 0.857 bits per heavy atom. The third-order valence-corrected chi connectivity index (χ3v) is 0. The van der Waals surface area contributed by atoms with Crippen LogP contribution < -0.4 is 0 Å². The summed E-state index contributed by atoms with van der Waals surface area (Å²) in [5, 5.41) is 0. The van der Waals surface area contributed by atoms with Gasteiger partial charge in [-0.05, 0) is 0 Å². The molecule has 0 atom stereocenters. The molecule has 0 aromatic rings. The number of rotatable bonds is 0. The molecule has 0 heterocycles. The molecule has 0 unspecified atom stereocenters. The van der Waals surface area contributed by atoms with E-state index in [1.54, 1.807) is 0 Å². The molecule has 0 fully saturated rings. The second-order valence-corrected chi connectivity index (χ2v) is 1.80. The molecule has 4 N–H and O–H groups in total. The molecule has 0 spiro atoms. The first kappa shape index (κ1) is 16.1. The summed E-state index contributed by atoms with van der Waals surface area (Å²) in [6, 6.07) is 0. The Morgan fingerprint density at radius 1 is 0.857 bits per heavy atom. The van der Waals surface area contributed by atoms with E-state index in [-0.39, 0.29) is 64.4 Å². The second kappa shape index (κ2) is 6.33. The molecule has 0 aliphatic carbocycles. The summed E-state index contributed by atoms with van der Waals surface area (Å²) in [5.74, 6) is 0. The van der Waals surface area contributed by atoms with Gasteiger partial charge in [0.25, 0.3) is 0 Å². The fraction of sp³-hybridized carbons (Fsp3) is 0. The predicted octanol–water partition coefficient (Wildman–Crippen LogP) is -3.79. The quantitative estimate of drug-likeness (QED) is 0.274. The average molecular weight is 471 g/mol. The average Bonchev–Trinajstić information content (AvgIpc) is 0.722. The van der Waals surface area contributed by atoms with Crippen molar-refractivity contribution in [1.29, 1.82) is 0 Å². The van der Waals surface area contributed by atoms with Gasteiger partial charge in [-0.15, -0.1) is 0 Å². The van der Waals surface area contributed by atoms with E-state index in [9.17, 15) is 0 Å². The van der Waals surface area contributed by atoms with E-state index >= 15 is 0 Å². The topological polar surface area (TPSA) is 80.9 Å². The third kappa shape index (κ3) is 64.7. The maximum Gasteiger partial charge on any atom is 0 e. The van der Waals surface area contributed by atoms with E-state index in [1.165, 1.54) is 0 Å². The van der Waals surface area contributed by atoms with Crippen LogP contribution in [0.25, 0.3) is 0 Å². The fourth-order valence-corrected chi connectivity index (χ4v) is 0. The zero-order valence-corrected chi connectivity index (χ0v) is 11.8. The molecule has 0 aliphatic heterocycles. The van der Waals surface area contributed by atoms with Crippen molar-refractivity contribution in [2.24, 2.45) is 0 Å². The maximum atomic E-state index is 7.33. The van der Waals surface area contributed by atoms with Crippen LogP contribution >= 0.6 is 0 Å². The Kier molecular flexibility index (Phi) is 14.6. The van der Waals surface area contributed by atoms with Gasteiger partial charge in [-0.1, -0.05) is 0 Å². The van der Waals surface area contributed by atoms with Gasteiger partial charge in [0.1, 0.15) is 0 Å². The van der Waals surface area contributed by atoms with Crippen molar-refractivity contribution in [2.75, 3.05) is 0 Å². The van der Waals surface area contributed by atoms with Crippen LogP contribution in [0.1, 0.15) is 0 Å². The van der Waals surface area contributed by atoms with E-state index in [4.69, 9.17) is 19.2 Å². The summed E-state index contributed by atoms with van der Waals surface area (Å²) < 4.78 is 0. The molecule has 0 saturated carbocycles. The molecule has 0 bridgehead atoms. The Morgan fingerprint density at radius 2 is 0.857 bits per heavy atom. The summed E-state index contributed by atoms with van der Waals surface area (Å²) in [4.78, 5) is 29.3. The van der Waals surface area contributed by atoms with E-state index in [2.05, 4.69) is 0 Å². The van der Waals surface area contributed by atoms with Gasteiger partial charge in [-0.3, -0.25) is 0 Å². The molecule has 0 aromatic carbocycles. The molecule has 7 heteroatoms. The predicted molar refractivity (Wildman–Crippen MR) is 24.6 cm³/mol. The van der Waals surface area contributed by atoms with Gasteiger partial charge in [-0.2, -0.15) is 0 Å². The smallest absolute Gasteiger partial charge is 0 e. The molecule has 7 heavy (non-hydrogen) atoms. The Hall–Kier alpha value is 2.21. The zero-order valence-electron chi connectivity index (χ0n) is 3.31. The SMILES string of the molecule is O[Si](O)(O)O.[BiH3].[Dy]. The van der Waals surface area contributed by atoms with Crippen LogP contribution in [0.2, 0.25) is 0 Å². The minimum Gasteiger partial charge on any atom is 0 e. The van der Waals surface area contributed by atoms with Crippen LogP contribution in [0.3, 0.4) is 0 Å². The van der Waals surface area contributed by atoms with Crippen molar-refractivity contribution in [1.82, 2.24) is 0 Å². The monoisotopic (exact) mass is 472 g/mol. The van der Waals surface area contributed by atoms with E-state index in [0.717, 1.165) is 0 Å². The van der Waals surface area contributed by atoms with Crippen molar-refractivity contribution in [3.63, 3.8) is 0 Å². The normalized spacial score (nSPS) is 8.57. The zero-order chi connectivity index (χ0) is 4.50. The van der Waals surface area contributed by atoms with Gasteiger partial charge in [-0.25, -0.2) is 0 Å².